The molecule has 7 heteroatoms. The van der Waals surface area contributed by atoms with Crippen molar-refractivity contribution in [1.29, 1.82) is 0 Å². The number of alkyl halides is 2. The number of rotatable bonds is 1. The smallest absolute Gasteiger partial charge is 0.267 e. The predicted octanol–water partition coefficient (Wildman–Crippen LogP) is 1.49. The van der Waals surface area contributed by atoms with Gasteiger partial charge in [0.25, 0.3) is 5.91 Å². The SMILES string of the molecule is Cl.NNC(=O)C1=C(F)CC(F)(Cl)C=C1. The second-order valence-electron chi connectivity index (χ2n) is 2.56. The second kappa shape index (κ2) is 4.72. The molecule has 0 saturated carbocycles. The molecular weight excluding hydrogens is 237 g/mol. The van der Waals surface area contributed by atoms with Gasteiger partial charge in [0.1, 0.15) is 5.83 Å². The van der Waals surface area contributed by atoms with Gasteiger partial charge in [-0.1, -0.05) is 11.6 Å². The van der Waals surface area contributed by atoms with Gasteiger partial charge in [0.2, 0.25) is 5.13 Å². The fourth-order valence-corrected chi connectivity index (χ4v) is 1.11. The molecule has 0 heterocycles. The van der Waals surface area contributed by atoms with E-state index in [1.807, 2.05) is 0 Å². The molecule has 80 valence electrons. The van der Waals surface area contributed by atoms with E-state index in [2.05, 4.69) is 0 Å². The van der Waals surface area contributed by atoms with E-state index >= 15 is 0 Å². The summed E-state index contributed by atoms with van der Waals surface area (Å²) in [5, 5.41) is -2.25. The highest BCUT2D eigenvalue weighted by Crippen LogP contribution is 2.34. The van der Waals surface area contributed by atoms with E-state index < -0.39 is 23.3 Å². The van der Waals surface area contributed by atoms with Crippen LogP contribution in [0.1, 0.15) is 6.42 Å². The van der Waals surface area contributed by atoms with Crippen molar-refractivity contribution in [3.8, 4) is 0 Å². The highest BCUT2D eigenvalue weighted by molar-refractivity contribution is 6.24. The van der Waals surface area contributed by atoms with Crippen molar-refractivity contribution in [1.82, 2.24) is 5.43 Å². The first kappa shape index (κ1) is 13.4. The zero-order valence-corrected chi connectivity index (χ0v) is 8.46. The molecule has 0 fully saturated rings. The minimum absolute atomic E-state index is 0. The largest absolute Gasteiger partial charge is 0.290 e. The summed E-state index contributed by atoms with van der Waals surface area (Å²) in [5.74, 6) is 3.05. The van der Waals surface area contributed by atoms with Gasteiger partial charge < -0.3 is 0 Å². The van der Waals surface area contributed by atoms with Crippen molar-refractivity contribution in [2.45, 2.75) is 11.5 Å². The summed E-state index contributed by atoms with van der Waals surface area (Å²) < 4.78 is 25.9. The first-order valence-electron chi connectivity index (χ1n) is 3.43. The Morgan fingerprint density at radius 3 is 2.71 bits per heavy atom. The van der Waals surface area contributed by atoms with E-state index in [1.54, 1.807) is 5.43 Å². The van der Waals surface area contributed by atoms with Crippen LogP contribution in [0.25, 0.3) is 0 Å². The minimum atomic E-state index is -2.25. The van der Waals surface area contributed by atoms with Crippen LogP contribution in [0, 0.1) is 0 Å². The third kappa shape index (κ3) is 2.94. The van der Waals surface area contributed by atoms with Gasteiger partial charge in [-0.05, 0) is 12.2 Å². The Bertz CT molecular complexity index is 302. The Morgan fingerprint density at radius 1 is 1.71 bits per heavy atom. The first-order valence-corrected chi connectivity index (χ1v) is 3.81. The average Bonchev–Trinajstić information content (AvgIpc) is 2.01. The number of amides is 1. The summed E-state index contributed by atoms with van der Waals surface area (Å²) in [4.78, 5) is 10.8. The molecule has 0 spiro atoms. The van der Waals surface area contributed by atoms with Gasteiger partial charge >= 0.3 is 0 Å². The van der Waals surface area contributed by atoms with E-state index in [9.17, 15) is 13.6 Å². The molecule has 14 heavy (non-hydrogen) atoms. The number of nitrogens with one attached hydrogen (secondary N) is 1. The van der Waals surface area contributed by atoms with E-state index in [4.69, 9.17) is 17.4 Å². The molecule has 0 aromatic heterocycles. The van der Waals surface area contributed by atoms with Crippen LogP contribution in [0.15, 0.2) is 23.6 Å². The number of carbonyl (C=O) groups is 1. The highest BCUT2D eigenvalue weighted by Gasteiger charge is 2.31. The second-order valence-corrected chi connectivity index (χ2v) is 3.19. The predicted molar refractivity (Wildman–Crippen MR) is 51.2 cm³/mol. The van der Waals surface area contributed by atoms with Gasteiger partial charge in [0, 0.05) is 0 Å². The van der Waals surface area contributed by atoms with Gasteiger partial charge in [-0.15, -0.1) is 12.4 Å². The van der Waals surface area contributed by atoms with Crippen LogP contribution in [0.2, 0.25) is 0 Å². The van der Waals surface area contributed by atoms with Crippen LogP contribution in [0.5, 0.6) is 0 Å². The molecule has 0 saturated heterocycles. The number of hydrazine groups is 1. The number of carbonyl (C=O) groups excluding carboxylic acids is 1. The zero-order valence-electron chi connectivity index (χ0n) is 6.89. The van der Waals surface area contributed by atoms with Crippen molar-refractivity contribution in [3.05, 3.63) is 23.6 Å². The number of hydrogen-bond acceptors (Lipinski definition) is 2. The number of allylic oxidation sites excluding steroid dienone is 2. The molecular formula is C7H8Cl2F2N2O. The average molecular weight is 245 g/mol. The maximum Gasteiger partial charge on any atom is 0.267 e. The topological polar surface area (TPSA) is 55.1 Å². The molecule has 3 nitrogen and oxygen atoms in total. The molecule has 1 rings (SSSR count). The van der Waals surface area contributed by atoms with Gasteiger partial charge in [-0.2, -0.15) is 0 Å². The lowest BCUT2D eigenvalue weighted by molar-refractivity contribution is -0.117. The van der Waals surface area contributed by atoms with Gasteiger partial charge in [0.15, 0.2) is 0 Å². The first-order chi connectivity index (χ1) is 5.96. The van der Waals surface area contributed by atoms with Crippen LogP contribution in [-0.4, -0.2) is 11.0 Å². The lowest BCUT2D eigenvalue weighted by Crippen LogP contribution is -2.32. The van der Waals surface area contributed by atoms with Crippen molar-refractivity contribution in [2.24, 2.45) is 5.84 Å². The molecule has 1 atom stereocenters. The van der Waals surface area contributed by atoms with Crippen molar-refractivity contribution < 1.29 is 13.6 Å². The summed E-state index contributed by atoms with van der Waals surface area (Å²) in [6.45, 7) is 0. The van der Waals surface area contributed by atoms with Crippen LogP contribution < -0.4 is 11.3 Å². The van der Waals surface area contributed by atoms with E-state index in [0.29, 0.717) is 0 Å². The maximum absolute atomic E-state index is 13.0. The fraction of sp³-hybridized carbons (Fsp3) is 0.286. The Morgan fingerprint density at radius 2 is 2.29 bits per heavy atom. The Balaban J connectivity index is 0.00000169. The van der Waals surface area contributed by atoms with Crippen molar-refractivity contribution >= 4 is 29.9 Å². The number of nitrogens with two attached hydrogens (primary N) is 1. The lowest BCUT2D eigenvalue weighted by atomic mass is 10.0. The molecule has 0 bridgehead atoms. The third-order valence-corrected chi connectivity index (χ3v) is 1.81. The fourth-order valence-electron chi connectivity index (χ4n) is 0.933. The van der Waals surface area contributed by atoms with Crippen LogP contribution in [-0.2, 0) is 4.79 Å². The molecule has 1 aliphatic rings. The summed E-state index contributed by atoms with van der Waals surface area (Å²) in [6.07, 6.45) is 1.21. The zero-order chi connectivity index (χ0) is 10.1. The summed E-state index contributed by atoms with van der Waals surface area (Å²) in [5.41, 5.74) is 1.44. The normalized spacial score (nSPS) is 25.7. The Kier molecular flexibility index (Phi) is 4.51. The minimum Gasteiger partial charge on any atom is -0.290 e. The standard InChI is InChI=1S/C7H7ClF2N2O.ClH/c8-7(10)2-1-4(5(9)3-7)6(13)12-11;/h1-2H,3,11H2,(H,12,13);1H. The number of halogens is 4. The molecule has 0 aromatic carbocycles. The Hall–Kier alpha value is -0.650. The molecule has 0 aromatic rings. The van der Waals surface area contributed by atoms with Gasteiger partial charge in [0.05, 0.1) is 12.0 Å². The quantitative estimate of drug-likeness (QED) is 0.318. The number of hydrogen-bond donors (Lipinski definition) is 2. The monoisotopic (exact) mass is 244 g/mol. The van der Waals surface area contributed by atoms with E-state index in [1.165, 1.54) is 0 Å². The summed E-state index contributed by atoms with van der Waals surface area (Å²) in [7, 11) is 0. The van der Waals surface area contributed by atoms with Crippen LogP contribution >= 0.6 is 24.0 Å². The Labute approximate surface area is 90.4 Å². The van der Waals surface area contributed by atoms with Crippen LogP contribution in [0.3, 0.4) is 0 Å². The molecule has 0 aliphatic heterocycles. The molecule has 1 aliphatic carbocycles. The van der Waals surface area contributed by atoms with Gasteiger partial charge in [-0.3, -0.25) is 10.2 Å². The highest BCUT2D eigenvalue weighted by atomic mass is 35.5. The van der Waals surface area contributed by atoms with E-state index in [0.717, 1.165) is 12.2 Å². The molecule has 1 amide bonds. The van der Waals surface area contributed by atoms with Gasteiger partial charge in [-0.25, -0.2) is 14.6 Å². The van der Waals surface area contributed by atoms with Crippen molar-refractivity contribution in [2.75, 3.05) is 0 Å². The maximum atomic E-state index is 13.0. The molecule has 1 unspecified atom stereocenters. The summed E-state index contributed by atoms with van der Waals surface area (Å²) >= 11 is 5.19. The summed E-state index contributed by atoms with van der Waals surface area (Å²) in [6, 6.07) is 0. The molecule has 0 radical (unpaired) electrons. The van der Waals surface area contributed by atoms with Crippen LogP contribution in [0.4, 0.5) is 8.78 Å². The van der Waals surface area contributed by atoms with E-state index in [-0.39, 0.29) is 18.0 Å². The third-order valence-electron chi connectivity index (χ3n) is 1.55. The van der Waals surface area contributed by atoms with Crippen molar-refractivity contribution in [3.63, 3.8) is 0 Å². The molecule has 3 N–H and O–H groups in total. The lowest BCUT2D eigenvalue weighted by Gasteiger charge is -2.17.